The largest absolute Gasteiger partial charge is 0.366 e. The number of likely N-dealkylation sites (tertiary alicyclic amines) is 1. The van der Waals surface area contributed by atoms with E-state index in [1.165, 1.54) is 18.5 Å². The molecule has 98 valence electrons. The van der Waals surface area contributed by atoms with Crippen LogP contribution >= 0.6 is 11.5 Å². The van der Waals surface area contributed by atoms with Crippen molar-refractivity contribution in [2.24, 2.45) is 0 Å². The van der Waals surface area contributed by atoms with Gasteiger partial charge in [0, 0.05) is 13.1 Å². The summed E-state index contributed by atoms with van der Waals surface area (Å²) in [5.74, 6) is 0.0745. The van der Waals surface area contributed by atoms with Crippen LogP contribution in [0.1, 0.15) is 35.8 Å². The first-order valence-corrected chi connectivity index (χ1v) is 6.86. The van der Waals surface area contributed by atoms with Gasteiger partial charge in [-0.1, -0.05) is 0 Å². The summed E-state index contributed by atoms with van der Waals surface area (Å²) in [5.41, 5.74) is 1.33. The van der Waals surface area contributed by atoms with Crippen molar-refractivity contribution in [2.45, 2.75) is 26.7 Å². The zero-order chi connectivity index (χ0) is 13.1. The number of aromatic nitrogens is 1. The molecule has 0 aromatic carbocycles. The highest BCUT2D eigenvalue weighted by Crippen LogP contribution is 2.24. The zero-order valence-electron chi connectivity index (χ0n) is 10.7. The van der Waals surface area contributed by atoms with E-state index in [1.807, 2.05) is 4.90 Å². The lowest BCUT2D eigenvalue weighted by atomic mass is 10.2. The highest BCUT2D eigenvalue weighted by atomic mass is 32.1. The van der Waals surface area contributed by atoms with Crippen LogP contribution in [-0.4, -0.2) is 40.6 Å². The normalized spacial score (nSPS) is 14.9. The van der Waals surface area contributed by atoms with E-state index < -0.39 is 0 Å². The maximum Gasteiger partial charge on any atom is 0.241 e. The van der Waals surface area contributed by atoms with Crippen molar-refractivity contribution in [2.75, 3.05) is 25.0 Å². The van der Waals surface area contributed by atoms with E-state index in [0.717, 1.165) is 31.6 Å². The topological polar surface area (TPSA) is 62.3 Å². The minimum atomic E-state index is -0.0163. The number of carbonyl (C=O) groups is 2. The molecule has 0 radical (unpaired) electrons. The third-order valence-corrected chi connectivity index (χ3v) is 3.97. The van der Waals surface area contributed by atoms with Crippen LogP contribution in [-0.2, 0) is 4.79 Å². The molecule has 0 unspecified atom stereocenters. The molecule has 2 heterocycles. The smallest absolute Gasteiger partial charge is 0.241 e. The van der Waals surface area contributed by atoms with Gasteiger partial charge in [-0.15, -0.1) is 0 Å². The van der Waals surface area contributed by atoms with Crippen LogP contribution in [0.5, 0.6) is 0 Å². The van der Waals surface area contributed by atoms with Crippen molar-refractivity contribution in [1.82, 2.24) is 9.27 Å². The molecule has 1 N–H and O–H groups in total. The van der Waals surface area contributed by atoms with Crippen molar-refractivity contribution in [1.29, 1.82) is 0 Å². The molecule has 1 aromatic rings. The van der Waals surface area contributed by atoms with Crippen LogP contribution in [0.15, 0.2) is 0 Å². The van der Waals surface area contributed by atoms with Gasteiger partial charge in [-0.2, -0.15) is 4.37 Å². The Morgan fingerprint density at radius 2 is 2.06 bits per heavy atom. The van der Waals surface area contributed by atoms with Gasteiger partial charge in [-0.3, -0.25) is 9.59 Å². The highest BCUT2D eigenvalue weighted by Gasteiger charge is 2.19. The van der Waals surface area contributed by atoms with Gasteiger partial charge in [0.15, 0.2) is 5.78 Å². The number of hydrogen-bond acceptors (Lipinski definition) is 5. The van der Waals surface area contributed by atoms with E-state index in [4.69, 9.17) is 0 Å². The third kappa shape index (κ3) is 2.69. The molecule has 1 amide bonds. The quantitative estimate of drug-likeness (QED) is 0.843. The average Bonchev–Trinajstić information content (AvgIpc) is 2.94. The molecule has 0 saturated carbocycles. The molecule has 1 saturated heterocycles. The molecule has 0 spiro atoms. The lowest BCUT2D eigenvalue weighted by Gasteiger charge is -2.15. The second-order valence-electron chi connectivity index (χ2n) is 4.47. The number of hydrogen-bond donors (Lipinski definition) is 1. The van der Waals surface area contributed by atoms with Gasteiger partial charge in [0.05, 0.1) is 17.8 Å². The van der Waals surface area contributed by atoms with E-state index in [0.29, 0.717) is 10.6 Å². The van der Waals surface area contributed by atoms with Gasteiger partial charge in [0.25, 0.3) is 0 Å². The number of nitrogens with zero attached hydrogens (tertiary/aromatic N) is 2. The monoisotopic (exact) mass is 267 g/mol. The number of anilines is 1. The summed E-state index contributed by atoms with van der Waals surface area (Å²) in [7, 11) is 0. The van der Waals surface area contributed by atoms with Gasteiger partial charge in [-0.05, 0) is 38.2 Å². The molecule has 6 heteroatoms. The Morgan fingerprint density at radius 1 is 1.39 bits per heavy atom. The molecule has 1 fully saturated rings. The van der Waals surface area contributed by atoms with Crippen LogP contribution in [0.3, 0.4) is 0 Å². The number of amides is 1. The Bertz CT molecular complexity index is 464. The minimum absolute atomic E-state index is 0.0163. The second-order valence-corrected chi connectivity index (χ2v) is 5.24. The molecule has 1 aromatic heterocycles. The SMILES string of the molecule is CC(=O)c1c(C)nsc1NCC(=O)N1CCCC1. The van der Waals surface area contributed by atoms with Gasteiger partial charge in [0.2, 0.25) is 5.91 Å². The second kappa shape index (κ2) is 5.48. The van der Waals surface area contributed by atoms with Crippen LogP contribution in [0, 0.1) is 6.92 Å². The summed E-state index contributed by atoms with van der Waals surface area (Å²) < 4.78 is 4.15. The van der Waals surface area contributed by atoms with Gasteiger partial charge in [-0.25, -0.2) is 0 Å². The number of Topliss-reactive ketones (excluding diaryl/α,β-unsaturated/α-hetero) is 1. The maximum absolute atomic E-state index is 11.9. The standard InChI is InChI=1S/C12H17N3O2S/c1-8-11(9(2)16)12(18-14-8)13-7-10(17)15-5-3-4-6-15/h13H,3-7H2,1-2H3. The highest BCUT2D eigenvalue weighted by molar-refractivity contribution is 7.10. The Kier molecular flexibility index (Phi) is 3.96. The van der Waals surface area contributed by atoms with Crippen LogP contribution in [0.4, 0.5) is 5.00 Å². The molecule has 0 aliphatic carbocycles. The fourth-order valence-corrected chi connectivity index (χ4v) is 2.98. The lowest BCUT2D eigenvalue weighted by molar-refractivity contribution is -0.128. The maximum atomic E-state index is 11.9. The zero-order valence-corrected chi connectivity index (χ0v) is 11.5. The molecule has 18 heavy (non-hydrogen) atoms. The Labute approximate surface area is 110 Å². The predicted octanol–water partition coefficient (Wildman–Crippen LogP) is 1.69. The average molecular weight is 267 g/mol. The van der Waals surface area contributed by atoms with Gasteiger partial charge < -0.3 is 10.2 Å². The van der Waals surface area contributed by atoms with E-state index in [-0.39, 0.29) is 18.2 Å². The van der Waals surface area contributed by atoms with Gasteiger partial charge in [0.1, 0.15) is 5.00 Å². The third-order valence-electron chi connectivity index (χ3n) is 3.07. The molecule has 2 rings (SSSR count). The fourth-order valence-electron chi connectivity index (χ4n) is 2.14. The summed E-state index contributed by atoms with van der Waals surface area (Å²) in [4.78, 5) is 25.2. The Balaban J connectivity index is 1.97. The first-order chi connectivity index (χ1) is 8.59. The number of aryl methyl sites for hydroxylation is 1. The number of nitrogens with one attached hydrogen (secondary N) is 1. The molecular weight excluding hydrogens is 250 g/mol. The first-order valence-electron chi connectivity index (χ1n) is 6.08. The molecule has 5 nitrogen and oxygen atoms in total. The minimum Gasteiger partial charge on any atom is -0.366 e. The predicted molar refractivity (Wildman–Crippen MR) is 71.2 cm³/mol. The molecular formula is C12H17N3O2S. The van der Waals surface area contributed by atoms with Crippen molar-refractivity contribution >= 4 is 28.2 Å². The summed E-state index contributed by atoms with van der Waals surface area (Å²) in [6.07, 6.45) is 2.17. The fraction of sp³-hybridized carbons (Fsp3) is 0.583. The Hall–Kier alpha value is -1.43. The van der Waals surface area contributed by atoms with Crippen LogP contribution < -0.4 is 5.32 Å². The first kappa shape index (κ1) is 13.0. The molecule has 1 aliphatic rings. The van der Waals surface area contributed by atoms with E-state index in [9.17, 15) is 9.59 Å². The summed E-state index contributed by atoms with van der Waals surface area (Å²) in [6, 6.07) is 0. The van der Waals surface area contributed by atoms with Crippen molar-refractivity contribution in [3.8, 4) is 0 Å². The van der Waals surface area contributed by atoms with E-state index in [2.05, 4.69) is 9.69 Å². The molecule has 0 bridgehead atoms. The van der Waals surface area contributed by atoms with Gasteiger partial charge >= 0.3 is 0 Å². The van der Waals surface area contributed by atoms with Crippen LogP contribution in [0.2, 0.25) is 0 Å². The van der Waals surface area contributed by atoms with E-state index >= 15 is 0 Å². The summed E-state index contributed by atoms with van der Waals surface area (Å²) in [6.45, 7) is 5.26. The van der Waals surface area contributed by atoms with Crippen molar-refractivity contribution in [3.05, 3.63) is 11.3 Å². The summed E-state index contributed by atoms with van der Waals surface area (Å²) in [5, 5.41) is 3.74. The molecule has 0 atom stereocenters. The van der Waals surface area contributed by atoms with E-state index in [1.54, 1.807) is 6.92 Å². The lowest BCUT2D eigenvalue weighted by Crippen LogP contribution is -2.33. The van der Waals surface area contributed by atoms with Crippen LogP contribution in [0.25, 0.3) is 0 Å². The number of carbonyl (C=O) groups excluding carboxylic acids is 2. The van der Waals surface area contributed by atoms with Crippen molar-refractivity contribution < 1.29 is 9.59 Å². The van der Waals surface area contributed by atoms with Crippen molar-refractivity contribution in [3.63, 3.8) is 0 Å². The number of ketones is 1. The Morgan fingerprint density at radius 3 is 2.67 bits per heavy atom. The number of rotatable bonds is 4. The summed E-state index contributed by atoms with van der Waals surface area (Å²) >= 11 is 1.24. The molecule has 1 aliphatic heterocycles.